The molecule has 0 unspecified atom stereocenters. The molecule has 0 aromatic carbocycles. The lowest BCUT2D eigenvalue weighted by atomic mass is 10.2. The molecular formula is C17H24N4O3S2. The topological polar surface area (TPSA) is 85.2 Å². The van der Waals surface area contributed by atoms with Crippen molar-refractivity contribution in [1.29, 1.82) is 0 Å². The molecule has 7 nitrogen and oxygen atoms in total. The summed E-state index contributed by atoms with van der Waals surface area (Å²) in [7, 11) is -2.98. The molecule has 26 heavy (non-hydrogen) atoms. The predicted octanol–water partition coefficient (Wildman–Crippen LogP) is 1.76. The fourth-order valence-electron chi connectivity index (χ4n) is 3.94. The minimum absolute atomic E-state index is 0.0536. The summed E-state index contributed by atoms with van der Waals surface area (Å²) in [5, 5.41) is 9.61. The fraction of sp³-hybridized carbons (Fsp3) is 0.824. The van der Waals surface area contributed by atoms with Crippen LogP contribution in [0.2, 0.25) is 0 Å². The highest BCUT2D eigenvalue weighted by Crippen LogP contribution is 2.46. The largest absolute Gasteiger partial charge is 0.335 e. The van der Waals surface area contributed by atoms with E-state index in [4.69, 9.17) is 0 Å². The van der Waals surface area contributed by atoms with Crippen LogP contribution >= 0.6 is 11.8 Å². The fourth-order valence-corrected chi connectivity index (χ4v) is 6.53. The van der Waals surface area contributed by atoms with Crippen LogP contribution in [0.5, 0.6) is 0 Å². The normalized spacial score (nSPS) is 27.6. The van der Waals surface area contributed by atoms with Crippen molar-refractivity contribution >= 4 is 27.5 Å². The van der Waals surface area contributed by atoms with E-state index < -0.39 is 9.84 Å². The summed E-state index contributed by atoms with van der Waals surface area (Å²) in [5.74, 6) is 2.37. The molecule has 3 aliphatic carbocycles. The molecule has 1 amide bonds. The molecule has 1 saturated heterocycles. The van der Waals surface area contributed by atoms with Gasteiger partial charge in [0.1, 0.15) is 5.82 Å². The van der Waals surface area contributed by atoms with E-state index in [1.807, 2.05) is 4.90 Å². The Bertz CT molecular complexity index is 825. The Kier molecular flexibility index (Phi) is 4.08. The summed E-state index contributed by atoms with van der Waals surface area (Å²) in [6.07, 6.45) is 7.31. The molecule has 1 aromatic heterocycles. The third kappa shape index (κ3) is 3.40. The molecule has 3 saturated carbocycles. The molecule has 0 radical (unpaired) electrons. The maximum atomic E-state index is 12.9. The number of hydrogen-bond acceptors (Lipinski definition) is 6. The molecule has 4 fully saturated rings. The van der Waals surface area contributed by atoms with Crippen molar-refractivity contribution < 1.29 is 13.2 Å². The minimum Gasteiger partial charge on any atom is -0.335 e. The first-order valence-electron chi connectivity index (χ1n) is 9.61. The third-order valence-electron chi connectivity index (χ3n) is 5.70. The molecule has 9 heteroatoms. The molecule has 2 heterocycles. The van der Waals surface area contributed by atoms with Crippen molar-refractivity contribution in [3.05, 3.63) is 5.82 Å². The zero-order valence-corrected chi connectivity index (χ0v) is 16.3. The molecule has 0 spiro atoms. The van der Waals surface area contributed by atoms with Gasteiger partial charge in [-0.1, -0.05) is 11.8 Å². The van der Waals surface area contributed by atoms with E-state index in [0.29, 0.717) is 24.1 Å². The van der Waals surface area contributed by atoms with Crippen LogP contribution in [0.15, 0.2) is 5.16 Å². The Labute approximate surface area is 157 Å². The SMILES string of the molecule is O=C(CSc1nnc(C2CC2)n1C1CC1)N(C1CC1)[C@@H]1CCS(=O)(=O)C1. The van der Waals surface area contributed by atoms with Crippen LogP contribution in [-0.2, 0) is 14.6 Å². The van der Waals surface area contributed by atoms with Gasteiger partial charge in [-0.2, -0.15) is 0 Å². The number of amides is 1. The van der Waals surface area contributed by atoms with Crippen LogP contribution in [0.3, 0.4) is 0 Å². The quantitative estimate of drug-likeness (QED) is 0.653. The zero-order chi connectivity index (χ0) is 17.9. The Morgan fingerprint density at radius 3 is 2.42 bits per heavy atom. The van der Waals surface area contributed by atoms with Gasteiger partial charge < -0.3 is 9.47 Å². The van der Waals surface area contributed by atoms with Crippen LogP contribution < -0.4 is 0 Å². The van der Waals surface area contributed by atoms with Crippen LogP contribution in [0.4, 0.5) is 0 Å². The zero-order valence-electron chi connectivity index (χ0n) is 14.7. The number of thioether (sulfide) groups is 1. The monoisotopic (exact) mass is 396 g/mol. The molecule has 4 aliphatic rings. The highest BCUT2D eigenvalue weighted by Gasteiger charge is 2.42. The summed E-state index contributed by atoms with van der Waals surface area (Å²) >= 11 is 1.47. The Morgan fingerprint density at radius 2 is 1.85 bits per heavy atom. The van der Waals surface area contributed by atoms with Crippen molar-refractivity contribution in [3.63, 3.8) is 0 Å². The standard InChI is InChI=1S/C17H24N4O3S2/c22-15(20(12-3-4-12)14-7-8-26(23,24)10-14)9-25-17-19-18-16(11-1-2-11)21(17)13-5-6-13/h11-14H,1-10H2/t14-/m1/s1. The van der Waals surface area contributed by atoms with Crippen LogP contribution in [0.1, 0.15) is 62.7 Å². The summed E-state index contributed by atoms with van der Waals surface area (Å²) in [6.45, 7) is 0. The van der Waals surface area contributed by atoms with Gasteiger partial charge in [0.2, 0.25) is 5.91 Å². The number of nitrogens with zero attached hydrogens (tertiary/aromatic N) is 4. The number of aromatic nitrogens is 3. The Morgan fingerprint density at radius 1 is 1.08 bits per heavy atom. The number of sulfone groups is 1. The molecule has 0 N–H and O–H groups in total. The first-order valence-corrected chi connectivity index (χ1v) is 12.4. The second kappa shape index (κ2) is 6.22. The van der Waals surface area contributed by atoms with Crippen molar-refractivity contribution in [3.8, 4) is 0 Å². The van der Waals surface area contributed by atoms with Crippen LogP contribution in [-0.4, -0.2) is 63.3 Å². The van der Waals surface area contributed by atoms with Gasteiger partial charge >= 0.3 is 0 Å². The van der Waals surface area contributed by atoms with Crippen molar-refractivity contribution in [2.75, 3.05) is 17.3 Å². The summed E-state index contributed by atoms with van der Waals surface area (Å²) < 4.78 is 25.9. The van der Waals surface area contributed by atoms with Crippen LogP contribution in [0, 0.1) is 0 Å². The number of hydrogen-bond donors (Lipinski definition) is 0. The lowest BCUT2D eigenvalue weighted by molar-refractivity contribution is -0.130. The van der Waals surface area contributed by atoms with Crippen molar-refractivity contribution in [2.45, 2.75) is 74.1 Å². The van der Waals surface area contributed by atoms with Crippen LogP contribution in [0.25, 0.3) is 0 Å². The van der Waals surface area contributed by atoms with Gasteiger partial charge in [0.05, 0.1) is 17.3 Å². The minimum atomic E-state index is -2.98. The second-order valence-electron chi connectivity index (χ2n) is 8.09. The Hall–Kier alpha value is -1.09. The van der Waals surface area contributed by atoms with E-state index in [-0.39, 0.29) is 29.5 Å². The number of carbonyl (C=O) groups excluding carboxylic acids is 1. The summed E-state index contributed by atoms with van der Waals surface area (Å²) in [6, 6.07) is 0.617. The lowest BCUT2D eigenvalue weighted by Gasteiger charge is -2.28. The first kappa shape index (κ1) is 17.0. The predicted molar refractivity (Wildman–Crippen MR) is 97.9 cm³/mol. The number of rotatable bonds is 7. The van der Waals surface area contributed by atoms with E-state index in [1.165, 1.54) is 37.4 Å². The smallest absolute Gasteiger partial charge is 0.233 e. The first-order chi connectivity index (χ1) is 12.5. The average Bonchev–Trinajstić information content (AvgIpc) is 3.46. The lowest BCUT2D eigenvalue weighted by Crippen LogP contribution is -2.43. The van der Waals surface area contributed by atoms with E-state index >= 15 is 0 Å². The maximum Gasteiger partial charge on any atom is 0.233 e. The van der Waals surface area contributed by atoms with E-state index in [0.717, 1.165) is 23.8 Å². The van der Waals surface area contributed by atoms with Gasteiger partial charge in [-0.05, 0) is 44.9 Å². The van der Waals surface area contributed by atoms with Crippen molar-refractivity contribution in [2.24, 2.45) is 0 Å². The average molecular weight is 397 g/mol. The molecular weight excluding hydrogens is 372 g/mol. The second-order valence-corrected chi connectivity index (χ2v) is 11.3. The molecule has 5 rings (SSSR count). The van der Waals surface area contributed by atoms with Gasteiger partial charge in [-0.3, -0.25) is 4.79 Å². The van der Waals surface area contributed by atoms with Crippen molar-refractivity contribution in [1.82, 2.24) is 19.7 Å². The molecule has 1 atom stereocenters. The van der Waals surface area contributed by atoms with Gasteiger partial charge in [0, 0.05) is 24.0 Å². The molecule has 0 bridgehead atoms. The molecule has 1 aromatic rings. The Balaban J connectivity index is 1.28. The summed E-state index contributed by atoms with van der Waals surface area (Å²) in [4.78, 5) is 14.8. The highest BCUT2D eigenvalue weighted by atomic mass is 32.2. The van der Waals surface area contributed by atoms with Gasteiger partial charge in [0.25, 0.3) is 0 Å². The van der Waals surface area contributed by atoms with Gasteiger partial charge in [-0.25, -0.2) is 8.42 Å². The molecule has 1 aliphatic heterocycles. The summed E-state index contributed by atoms with van der Waals surface area (Å²) in [5.41, 5.74) is 0. The van der Waals surface area contributed by atoms with E-state index in [1.54, 1.807) is 0 Å². The third-order valence-corrected chi connectivity index (χ3v) is 8.38. The number of carbonyl (C=O) groups is 1. The maximum absolute atomic E-state index is 12.9. The van der Waals surface area contributed by atoms with Gasteiger partial charge in [0.15, 0.2) is 15.0 Å². The van der Waals surface area contributed by atoms with Gasteiger partial charge in [-0.15, -0.1) is 10.2 Å². The van der Waals surface area contributed by atoms with E-state index in [2.05, 4.69) is 14.8 Å². The highest BCUT2D eigenvalue weighted by molar-refractivity contribution is 7.99. The van der Waals surface area contributed by atoms with E-state index in [9.17, 15) is 13.2 Å². The molecule has 142 valence electrons.